The SMILES string of the molecule is CCOC(=O)CC(O)(Cn1cncn1)c1ccc(F)cc1F. The molecule has 0 aliphatic carbocycles. The molecule has 1 atom stereocenters. The smallest absolute Gasteiger partial charge is 0.309 e. The van der Waals surface area contributed by atoms with E-state index in [0.29, 0.717) is 6.07 Å². The van der Waals surface area contributed by atoms with E-state index < -0.39 is 29.6 Å². The molecule has 1 N–H and O–H groups in total. The van der Waals surface area contributed by atoms with Crippen molar-refractivity contribution in [2.75, 3.05) is 6.61 Å². The topological polar surface area (TPSA) is 77.2 Å². The molecule has 0 aliphatic rings. The Kier molecular flexibility index (Phi) is 4.81. The molecule has 0 spiro atoms. The molecule has 1 aromatic heterocycles. The van der Waals surface area contributed by atoms with Gasteiger partial charge in [0.1, 0.15) is 29.9 Å². The predicted octanol–water partition coefficient (Wildman–Crippen LogP) is 1.40. The molecule has 0 aliphatic heterocycles. The highest BCUT2D eigenvalue weighted by Crippen LogP contribution is 2.30. The Bertz CT molecular complexity index is 649. The first-order chi connectivity index (χ1) is 10.4. The maximum atomic E-state index is 14.0. The first kappa shape index (κ1) is 16.0. The molecule has 1 aromatic carbocycles. The van der Waals surface area contributed by atoms with Gasteiger partial charge in [-0.15, -0.1) is 0 Å². The second-order valence-corrected chi connectivity index (χ2v) is 4.73. The van der Waals surface area contributed by atoms with Crippen molar-refractivity contribution in [2.24, 2.45) is 0 Å². The number of carbonyl (C=O) groups is 1. The van der Waals surface area contributed by atoms with Crippen LogP contribution in [0, 0.1) is 11.6 Å². The van der Waals surface area contributed by atoms with Gasteiger partial charge in [0.05, 0.1) is 19.6 Å². The van der Waals surface area contributed by atoms with Crippen LogP contribution in [0.25, 0.3) is 0 Å². The van der Waals surface area contributed by atoms with Gasteiger partial charge in [0.15, 0.2) is 0 Å². The highest BCUT2D eigenvalue weighted by Gasteiger charge is 2.36. The number of rotatable bonds is 6. The lowest BCUT2D eigenvalue weighted by Gasteiger charge is -2.28. The van der Waals surface area contributed by atoms with Crippen molar-refractivity contribution in [3.05, 3.63) is 48.1 Å². The molecular formula is C14H15F2N3O3. The molecule has 118 valence electrons. The summed E-state index contributed by atoms with van der Waals surface area (Å²) in [6.45, 7) is 1.52. The lowest BCUT2D eigenvalue weighted by molar-refractivity contribution is -0.150. The minimum atomic E-state index is -1.93. The lowest BCUT2D eigenvalue weighted by Crippen LogP contribution is -2.36. The molecule has 0 amide bonds. The van der Waals surface area contributed by atoms with Crippen LogP contribution in [0.15, 0.2) is 30.9 Å². The summed E-state index contributed by atoms with van der Waals surface area (Å²) in [6.07, 6.45) is 2.06. The minimum absolute atomic E-state index is 0.129. The Labute approximate surface area is 125 Å². The Balaban J connectivity index is 2.37. The number of nitrogens with zero attached hydrogens (tertiary/aromatic N) is 3. The fraction of sp³-hybridized carbons (Fsp3) is 0.357. The number of aromatic nitrogens is 3. The summed E-state index contributed by atoms with van der Waals surface area (Å²) in [6, 6.07) is 2.75. The number of ether oxygens (including phenoxy) is 1. The van der Waals surface area contributed by atoms with Crippen molar-refractivity contribution < 1.29 is 23.4 Å². The second kappa shape index (κ2) is 6.61. The van der Waals surface area contributed by atoms with Gasteiger partial charge in [0.25, 0.3) is 0 Å². The van der Waals surface area contributed by atoms with E-state index in [9.17, 15) is 18.7 Å². The molecule has 1 heterocycles. The van der Waals surface area contributed by atoms with Crippen LogP contribution in [0.2, 0.25) is 0 Å². The van der Waals surface area contributed by atoms with Gasteiger partial charge in [-0.1, -0.05) is 6.07 Å². The zero-order valence-electron chi connectivity index (χ0n) is 11.9. The van der Waals surface area contributed by atoms with Gasteiger partial charge in [-0.05, 0) is 13.0 Å². The molecule has 0 bridgehead atoms. The summed E-state index contributed by atoms with van der Waals surface area (Å²) < 4.78 is 33.1. The maximum Gasteiger partial charge on any atom is 0.309 e. The molecule has 2 rings (SSSR count). The average Bonchev–Trinajstić information content (AvgIpc) is 2.90. The summed E-state index contributed by atoms with van der Waals surface area (Å²) in [5.41, 5.74) is -2.14. The molecule has 8 heteroatoms. The van der Waals surface area contributed by atoms with Gasteiger partial charge >= 0.3 is 5.97 Å². The van der Waals surface area contributed by atoms with Crippen molar-refractivity contribution in [1.82, 2.24) is 14.8 Å². The van der Waals surface area contributed by atoms with Crippen molar-refractivity contribution in [2.45, 2.75) is 25.5 Å². The van der Waals surface area contributed by atoms with Crippen LogP contribution >= 0.6 is 0 Å². The van der Waals surface area contributed by atoms with Crippen molar-refractivity contribution >= 4 is 5.97 Å². The van der Waals surface area contributed by atoms with Crippen LogP contribution in [0.3, 0.4) is 0 Å². The Morgan fingerprint density at radius 2 is 2.23 bits per heavy atom. The van der Waals surface area contributed by atoms with E-state index in [0.717, 1.165) is 12.1 Å². The average molecular weight is 311 g/mol. The van der Waals surface area contributed by atoms with Crippen LogP contribution in [0.1, 0.15) is 18.9 Å². The monoisotopic (exact) mass is 311 g/mol. The maximum absolute atomic E-state index is 14.0. The molecule has 0 saturated carbocycles. The zero-order chi connectivity index (χ0) is 16.2. The quantitative estimate of drug-likeness (QED) is 0.816. The van der Waals surface area contributed by atoms with Crippen LogP contribution in [-0.4, -0.2) is 32.4 Å². The van der Waals surface area contributed by atoms with Gasteiger partial charge in [0.2, 0.25) is 0 Å². The molecule has 0 radical (unpaired) electrons. The number of halogens is 2. The molecule has 0 fully saturated rings. The number of hydrogen-bond donors (Lipinski definition) is 1. The fourth-order valence-electron chi connectivity index (χ4n) is 2.14. The third kappa shape index (κ3) is 3.64. The van der Waals surface area contributed by atoms with Crippen molar-refractivity contribution in [3.63, 3.8) is 0 Å². The van der Waals surface area contributed by atoms with Crippen molar-refractivity contribution in [3.8, 4) is 0 Å². The van der Waals surface area contributed by atoms with Crippen LogP contribution in [-0.2, 0) is 21.7 Å². The second-order valence-electron chi connectivity index (χ2n) is 4.73. The summed E-state index contributed by atoms with van der Waals surface area (Å²) in [7, 11) is 0. The van der Waals surface area contributed by atoms with E-state index in [1.807, 2.05) is 0 Å². The van der Waals surface area contributed by atoms with Crippen molar-refractivity contribution in [1.29, 1.82) is 0 Å². The van der Waals surface area contributed by atoms with Crippen LogP contribution < -0.4 is 0 Å². The minimum Gasteiger partial charge on any atom is -0.466 e. The number of esters is 1. The molecule has 22 heavy (non-hydrogen) atoms. The first-order valence-electron chi connectivity index (χ1n) is 6.60. The number of aliphatic hydroxyl groups is 1. The Hall–Kier alpha value is -2.35. The summed E-state index contributed by atoms with van der Waals surface area (Å²) in [5, 5.41) is 14.6. The van der Waals surface area contributed by atoms with E-state index in [1.165, 1.54) is 17.3 Å². The van der Waals surface area contributed by atoms with Gasteiger partial charge < -0.3 is 9.84 Å². The Morgan fingerprint density at radius 1 is 1.45 bits per heavy atom. The molecule has 1 unspecified atom stereocenters. The van der Waals surface area contributed by atoms with Crippen LogP contribution in [0.5, 0.6) is 0 Å². The predicted molar refractivity (Wildman–Crippen MR) is 71.5 cm³/mol. The summed E-state index contributed by atoms with van der Waals surface area (Å²) >= 11 is 0. The van der Waals surface area contributed by atoms with Crippen LogP contribution in [0.4, 0.5) is 8.78 Å². The summed E-state index contributed by atoms with van der Waals surface area (Å²) in [5.74, 6) is -2.43. The van der Waals surface area contributed by atoms with Gasteiger partial charge in [-0.25, -0.2) is 18.4 Å². The van der Waals surface area contributed by atoms with E-state index in [4.69, 9.17) is 4.74 Å². The molecule has 2 aromatic rings. The van der Waals surface area contributed by atoms with E-state index in [2.05, 4.69) is 10.1 Å². The van der Waals surface area contributed by atoms with E-state index >= 15 is 0 Å². The molecule has 0 saturated heterocycles. The number of carbonyl (C=O) groups excluding carboxylic acids is 1. The summed E-state index contributed by atoms with van der Waals surface area (Å²) in [4.78, 5) is 15.4. The third-order valence-electron chi connectivity index (χ3n) is 3.06. The number of benzene rings is 1. The Morgan fingerprint density at radius 3 is 2.82 bits per heavy atom. The largest absolute Gasteiger partial charge is 0.466 e. The molecular weight excluding hydrogens is 296 g/mol. The van der Waals surface area contributed by atoms with E-state index in [1.54, 1.807) is 6.92 Å². The zero-order valence-corrected chi connectivity index (χ0v) is 11.9. The van der Waals surface area contributed by atoms with Gasteiger partial charge in [0, 0.05) is 11.6 Å². The number of hydrogen-bond acceptors (Lipinski definition) is 5. The normalized spacial score (nSPS) is 13.6. The lowest BCUT2D eigenvalue weighted by atomic mass is 9.89. The van der Waals surface area contributed by atoms with Gasteiger partial charge in [-0.3, -0.25) is 4.79 Å². The highest BCUT2D eigenvalue weighted by atomic mass is 19.1. The van der Waals surface area contributed by atoms with Gasteiger partial charge in [-0.2, -0.15) is 5.10 Å². The van der Waals surface area contributed by atoms with E-state index in [-0.39, 0.29) is 18.7 Å². The fourth-order valence-corrected chi connectivity index (χ4v) is 2.14. The third-order valence-corrected chi connectivity index (χ3v) is 3.06. The standard InChI is InChI=1S/C14H15F2N3O3/c1-2-22-13(20)6-14(21,7-19-9-17-8-18-19)11-4-3-10(15)5-12(11)16/h3-5,8-9,21H,2,6-7H2,1H3. The first-order valence-corrected chi connectivity index (χ1v) is 6.60. The molecule has 6 nitrogen and oxygen atoms in total. The highest BCUT2D eigenvalue weighted by molar-refractivity contribution is 5.71.